The molecule has 0 aliphatic carbocycles. The average molecular weight is 291 g/mol. The van der Waals surface area contributed by atoms with Gasteiger partial charge in [-0.05, 0) is 19.1 Å². The molecule has 0 bridgehead atoms. The second-order valence-electron chi connectivity index (χ2n) is 4.68. The van der Waals surface area contributed by atoms with E-state index in [1.165, 1.54) is 0 Å². The van der Waals surface area contributed by atoms with Crippen LogP contribution < -0.4 is 5.32 Å². The standard InChI is InChI=1S/C15H12F3N3/c1-9-13(21-5-3-2-4-14(21)20-9)8-19-10-6-11(16)15(18)12(17)7-10/h2-7,19H,8H2,1H3. The maximum Gasteiger partial charge on any atom is 0.194 e. The molecule has 0 saturated heterocycles. The van der Waals surface area contributed by atoms with Crippen LogP contribution in [0.4, 0.5) is 18.9 Å². The van der Waals surface area contributed by atoms with E-state index in [-0.39, 0.29) is 5.69 Å². The Balaban J connectivity index is 1.88. The first kappa shape index (κ1) is 13.5. The molecule has 1 N–H and O–H groups in total. The lowest BCUT2D eigenvalue weighted by Crippen LogP contribution is -2.05. The van der Waals surface area contributed by atoms with Crippen molar-refractivity contribution in [3.05, 3.63) is 65.4 Å². The molecule has 2 aromatic heterocycles. The van der Waals surface area contributed by atoms with Crippen LogP contribution in [0.1, 0.15) is 11.4 Å². The van der Waals surface area contributed by atoms with Crippen LogP contribution in [0.5, 0.6) is 0 Å². The van der Waals surface area contributed by atoms with Gasteiger partial charge in [-0.3, -0.25) is 0 Å². The summed E-state index contributed by atoms with van der Waals surface area (Å²) in [6, 6.07) is 7.47. The van der Waals surface area contributed by atoms with Gasteiger partial charge < -0.3 is 9.72 Å². The van der Waals surface area contributed by atoms with Gasteiger partial charge >= 0.3 is 0 Å². The molecule has 0 aliphatic heterocycles. The maximum atomic E-state index is 13.2. The van der Waals surface area contributed by atoms with Gasteiger partial charge in [0.25, 0.3) is 0 Å². The van der Waals surface area contributed by atoms with Gasteiger partial charge in [0.15, 0.2) is 17.5 Å². The van der Waals surface area contributed by atoms with E-state index >= 15 is 0 Å². The van der Waals surface area contributed by atoms with Gasteiger partial charge in [0.1, 0.15) is 5.65 Å². The first-order chi connectivity index (χ1) is 10.1. The Hall–Kier alpha value is -2.50. The van der Waals surface area contributed by atoms with Crippen molar-refractivity contribution in [2.45, 2.75) is 13.5 Å². The van der Waals surface area contributed by atoms with Crippen molar-refractivity contribution < 1.29 is 13.2 Å². The molecule has 0 saturated carbocycles. The van der Waals surface area contributed by atoms with Crippen molar-refractivity contribution in [2.24, 2.45) is 0 Å². The fourth-order valence-electron chi connectivity index (χ4n) is 2.22. The summed E-state index contributed by atoms with van der Waals surface area (Å²) >= 11 is 0. The first-order valence-corrected chi connectivity index (χ1v) is 6.37. The molecule has 0 fully saturated rings. The predicted molar refractivity (Wildman–Crippen MR) is 73.6 cm³/mol. The number of aromatic nitrogens is 2. The molecule has 108 valence electrons. The molecule has 0 amide bonds. The number of benzene rings is 1. The Morgan fingerprint density at radius 3 is 2.57 bits per heavy atom. The van der Waals surface area contributed by atoms with Crippen molar-refractivity contribution in [1.82, 2.24) is 9.38 Å². The van der Waals surface area contributed by atoms with Gasteiger partial charge in [0.05, 0.1) is 17.9 Å². The molecule has 3 rings (SSSR count). The molecule has 3 aromatic rings. The van der Waals surface area contributed by atoms with Crippen LogP contribution in [0.25, 0.3) is 5.65 Å². The number of pyridine rings is 1. The fourth-order valence-corrected chi connectivity index (χ4v) is 2.22. The summed E-state index contributed by atoms with van der Waals surface area (Å²) in [5.41, 5.74) is 2.66. The third kappa shape index (κ3) is 2.44. The molecular weight excluding hydrogens is 279 g/mol. The van der Waals surface area contributed by atoms with E-state index in [4.69, 9.17) is 0 Å². The highest BCUT2D eigenvalue weighted by Crippen LogP contribution is 2.19. The number of anilines is 1. The number of halogens is 3. The zero-order valence-corrected chi connectivity index (χ0v) is 11.2. The third-order valence-electron chi connectivity index (χ3n) is 3.27. The lowest BCUT2D eigenvalue weighted by atomic mass is 10.2. The van der Waals surface area contributed by atoms with E-state index < -0.39 is 17.5 Å². The summed E-state index contributed by atoms with van der Waals surface area (Å²) in [7, 11) is 0. The van der Waals surface area contributed by atoms with Gasteiger partial charge in [-0.15, -0.1) is 0 Å². The highest BCUT2D eigenvalue weighted by molar-refractivity contribution is 5.47. The smallest absolute Gasteiger partial charge is 0.194 e. The van der Waals surface area contributed by atoms with Crippen LogP contribution in [-0.2, 0) is 6.54 Å². The molecule has 1 aromatic carbocycles. The molecule has 3 nitrogen and oxygen atoms in total. The fraction of sp³-hybridized carbons (Fsp3) is 0.133. The van der Waals surface area contributed by atoms with Gasteiger partial charge in [0.2, 0.25) is 0 Å². The van der Waals surface area contributed by atoms with Crippen LogP contribution in [-0.4, -0.2) is 9.38 Å². The van der Waals surface area contributed by atoms with Crippen molar-refractivity contribution >= 4 is 11.3 Å². The SMILES string of the molecule is Cc1nc2ccccn2c1CNc1cc(F)c(F)c(F)c1. The van der Waals surface area contributed by atoms with Gasteiger partial charge in [-0.25, -0.2) is 18.2 Å². The van der Waals surface area contributed by atoms with E-state index in [9.17, 15) is 13.2 Å². The zero-order chi connectivity index (χ0) is 15.0. The first-order valence-electron chi connectivity index (χ1n) is 6.37. The zero-order valence-electron chi connectivity index (χ0n) is 11.2. The Morgan fingerprint density at radius 2 is 1.86 bits per heavy atom. The van der Waals surface area contributed by atoms with E-state index in [1.54, 1.807) is 0 Å². The largest absolute Gasteiger partial charge is 0.379 e. The highest BCUT2D eigenvalue weighted by atomic mass is 19.2. The quantitative estimate of drug-likeness (QED) is 0.746. The Bertz CT molecular complexity index is 788. The number of hydrogen-bond acceptors (Lipinski definition) is 2. The van der Waals surface area contributed by atoms with Gasteiger partial charge in [0, 0.05) is 24.0 Å². The minimum absolute atomic E-state index is 0.177. The summed E-state index contributed by atoms with van der Waals surface area (Å²) in [5.74, 6) is -3.90. The summed E-state index contributed by atoms with van der Waals surface area (Å²) in [6.45, 7) is 2.18. The van der Waals surface area contributed by atoms with Crippen LogP contribution in [0, 0.1) is 24.4 Å². The minimum Gasteiger partial charge on any atom is -0.379 e. The highest BCUT2D eigenvalue weighted by Gasteiger charge is 2.12. The Kier molecular flexibility index (Phi) is 3.29. The predicted octanol–water partition coefficient (Wildman–Crippen LogP) is 3.67. The number of nitrogens with one attached hydrogen (secondary N) is 1. The maximum absolute atomic E-state index is 13.2. The second kappa shape index (κ2) is 5.12. The molecule has 6 heteroatoms. The summed E-state index contributed by atoms with van der Waals surface area (Å²) in [4.78, 5) is 4.39. The lowest BCUT2D eigenvalue weighted by molar-refractivity contribution is 0.447. The lowest BCUT2D eigenvalue weighted by Gasteiger charge is -2.08. The van der Waals surface area contributed by atoms with Gasteiger partial charge in [-0.1, -0.05) is 6.07 Å². The van der Waals surface area contributed by atoms with Crippen LogP contribution >= 0.6 is 0 Å². The molecular formula is C15H12F3N3. The van der Waals surface area contributed by atoms with E-state index in [1.807, 2.05) is 35.7 Å². The number of rotatable bonds is 3. The Labute approximate surface area is 119 Å². The number of nitrogens with zero attached hydrogens (tertiary/aromatic N) is 2. The minimum atomic E-state index is -1.47. The van der Waals surface area contributed by atoms with Gasteiger partial charge in [-0.2, -0.15) is 0 Å². The van der Waals surface area contributed by atoms with E-state index in [0.717, 1.165) is 29.2 Å². The molecule has 21 heavy (non-hydrogen) atoms. The van der Waals surface area contributed by atoms with Crippen molar-refractivity contribution in [1.29, 1.82) is 0 Å². The second-order valence-corrected chi connectivity index (χ2v) is 4.68. The summed E-state index contributed by atoms with van der Waals surface area (Å²) in [5, 5.41) is 2.88. The molecule has 0 atom stereocenters. The number of hydrogen-bond donors (Lipinski definition) is 1. The van der Waals surface area contributed by atoms with Crippen molar-refractivity contribution in [3.8, 4) is 0 Å². The summed E-state index contributed by atoms with van der Waals surface area (Å²) in [6.07, 6.45) is 1.86. The normalized spacial score (nSPS) is 11.0. The number of aryl methyl sites for hydroxylation is 1. The van der Waals surface area contributed by atoms with E-state index in [0.29, 0.717) is 6.54 Å². The molecule has 0 spiro atoms. The molecule has 0 aliphatic rings. The topological polar surface area (TPSA) is 29.3 Å². The monoisotopic (exact) mass is 291 g/mol. The molecule has 0 unspecified atom stereocenters. The number of fused-ring (bicyclic) bond motifs is 1. The van der Waals surface area contributed by atoms with Crippen LogP contribution in [0.15, 0.2) is 36.5 Å². The third-order valence-corrected chi connectivity index (χ3v) is 3.27. The number of imidazole rings is 1. The van der Waals surface area contributed by atoms with Crippen molar-refractivity contribution in [2.75, 3.05) is 5.32 Å². The van der Waals surface area contributed by atoms with Crippen LogP contribution in [0.3, 0.4) is 0 Å². The summed E-state index contributed by atoms with van der Waals surface area (Å²) < 4.78 is 41.1. The molecule has 0 radical (unpaired) electrons. The van der Waals surface area contributed by atoms with E-state index in [2.05, 4.69) is 10.3 Å². The van der Waals surface area contributed by atoms with Crippen molar-refractivity contribution in [3.63, 3.8) is 0 Å². The Morgan fingerprint density at radius 1 is 1.14 bits per heavy atom. The van der Waals surface area contributed by atoms with Crippen LogP contribution in [0.2, 0.25) is 0 Å². The molecule has 2 heterocycles. The average Bonchev–Trinajstić information content (AvgIpc) is 2.78.